The number of para-hydroxylation sites is 1. The molecule has 3 heteroatoms. The summed E-state index contributed by atoms with van der Waals surface area (Å²) in [5.74, 6) is -0.100. The van der Waals surface area contributed by atoms with Gasteiger partial charge in [0.2, 0.25) is 0 Å². The number of rotatable bonds is 5. The fourth-order valence-electron chi connectivity index (χ4n) is 2.51. The number of nitrogens with zero attached hydrogens (tertiary/aromatic N) is 2. The molecule has 1 saturated heterocycles. The summed E-state index contributed by atoms with van der Waals surface area (Å²) in [6.45, 7) is 7.41. The highest BCUT2D eigenvalue weighted by Gasteiger charge is 2.18. The van der Waals surface area contributed by atoms with Crippen LogP contribution in [-0.4, -0.2) is 37.6 Å². The molecule has 0 bridgehead atoms. The van der Waals surface area contributed by atoms with E-state index >= 15 is 0 Å². The number of benzene rings is 1. The fraction of sp³-hybridized carbons (Fsp3) is 0.600. The van der Waals surface area contributed by atoms with Gasteiger partial charge in [-0.3, -0.25) is 4.90 Å². The zero-order valence-corrected chi connectivity index (χ0v) is 11.2. The molecule has 0 amide bonds. The van der Waals surface area contributed by atoms with Crippen LogP contribution in [0.2, 0.25) is 0 Å². The zero-order valence-electron chi connectivity index (χ0n) is 11.2. The lowest BCUT2D eigenvalue weighted by Crippen LogP contribution is -2.46. The van der Waals surface area contributed by atoms with Gasteiger partial charge < -0.3 is 4.90 Å². The molecule has 0 aliphatic carbocycles. The van der Waals surface area contributed by atoms with Gasteiger partial charge in [0, 0.05) is 26.2 Å². The average Bonchev–Trinajstić information content (AvgIpc) is 2.41. The van der Waals surface area contributed by atoms with Gasteiger partial charge in [-0.05, 0) is 25.1 Å². The highest BCUT2D eigenvalue weighted by molar-refractivity contribution is 5.47. The molecule has 0 radical (unpaired) electrons. The summed E-state index contributed by atoms with van der Waals surface area (Å²) in [5, 5.41) is 0. The van der Waals surface area contributed by atoms with Gasteiger partial charge in [0.05, 0.1) is 5.69 Å². The number of piperazine rings is 1. The van der Waals surface area contributed by atoms with E-state index in [1.807, 2.05) is 12.1 Å². The smallest absolute Gasteiger partial charge is 0.146 e. The Labute approximate surface area is 109 Å². The third-order valence-electron chi connectivity index (χ3n) is 3.64. The Kier molecular flexibility index (Phi) is 5.00. The lowest BCUT2D eigenvalue weighted by Gasteiger charge is -2.36. The molecule has 100 valence electrons. The highest BCUT2D eigenvalue weighted by atomic mass is 19.1. The molecular weight excluding hydrogens is 227 g/mol. The summed E-state index contributed by atoms with van der Waals surface area (Å²) in [4.78, 5) is 4.65. The lowest BCUT2D eigenvalue weighted by molar-refractivity contribution is 0.252. The third-order valence-corrected chi connectivity index (χ3v) is 3.64. The van der Waals surface area contributed by atoms with Crippen molar-refractivity contribution in [1.82, 2.24) is 4.90 Å². The van der Waals surface area contributed by atoms with Gasteiger partial charge in [0.15, 0.2) is 0 Å². The van der Waals surface area contributed by atoms with Crippen molar-refractivity contribution in [3.63, 3.8) is 0 Å². The minimum absolute atomic E-state index is 0.100. The van der Waals surface area contributed by atoms with E-state index in [2.05, 4.69) is 16.7 Å². The van der Waals surface area contributed by atoms with Gasteiger partial charge >= 0.3 is 0 Å². The van der Waals surface area contributed by atoms with E-state index in [1.165, 1.54) is 25.8 Å². The Morgan fingerprint density at radius 2 is 1.78 bits per heavy atom. The number of unbranched alkanes of at least 4 members (excludes halogenated alkanes) is 2. The first-order chi connectivity index (χ1) is 8.81. The monoisotopic (exact) mass is 250 g/mol. The van der Waals surface area contributed by atoms with Gasteiger partial charge in [0.1, 0.15) is 5.82 Å². The predicted molar refractivity (Wildman–Crippen MR) is 74.6 cm³/mol. The normalized spacial score (nSPS) is 17.1. The largest absolute Gasteiger partial charge is 0.367 e. The average molecular weight is 250 g/mol. The van der Waals surface area contributed by atoms with Crippen LogP contribution in [0, 0.1) is 5.82 Å². The molecule has 1 aromatic rings. The SMILES string of the molecule is CCCCCN1CCN(c2ccccc2F)CC1. The molecule has 1 heterocycles. The maximum Gasteiger partial charge on any atom is 0.146 e. The van der Waals surface area contributed by atoms with Gasteiger partial charge in [-0.25, -0.2) is 4.39 Å². The first kappa shape index (κ1) is 13.3. The molecule has 0 aromatic heterocycles. The Hall–Kier alpha value is -1.09. The standard InChI is InChI=1S/C15H23FN2/c1-2-3-6-9-17-10-12-18(13-11-17)15-8-5-4-7-14(15)16/h4-5,7-8H,2-3,6,9-13H2,1H3. The second-order valence-corrected chi connectivity index (χ2v) is 4.99. The summed E-state index contributed by atoms with van der Waals surface area (Å²) in [6, 6.07) is 7.08. The molecule has 2 rings (SSSR count). The van der Waals surface area contributed by atoms with Crippen LogP contribution in [0.4, 0.5) is 10.1 Å². The Morgan fingerprint density at radius 3 is 2.44 bits per heavy atom. The second kappa shape index (κ2) is 6.74. The number of hydrogen-bond donors (Lipinski definition) is 0. The van der Waals surface area contributed by atoms with E-state index < -0.39 is 0 Å². The Bertz CT molecular complexity index is 359. The van der Waals surface area contributed by atoms with Crippen LogP contribution in [0.15, 0.2) is 24.3 Å². The summed E-state index contributed by atoms with van der Waals surface area (Å²) >= 11 is 0. The molecule has 0 saturated carbocycles. The summed E-state index contributed by atoms with van der Waals surface area (Å²) in [7, 11) is 0. The highest BCUT2D eigenvalue weighted by Crippen LogP contribution is 2.20. The quantitative estimate of drug-likeness (QED) is 0.741. The van der Waals surface area contributed by atoms with Crippen molar-refractivity contribution in [2.75, 3.05) is 37.6 Å². The molecule has 2 nitrogen and oxygen atoms in total. The number of anilines is 1. The van der Waals surface area contributed by atoms with Crippen molar-refractivity contribution in [2.24, 2.45) is 0 Å². The van der Waals surface area contributed by atoms with Crippen LogP contribution < -0.4 is 4.90 Å². The number of hydrogen-bond acceptors (Lipinski definition) is 2. The van der Waals surface area contributed by atoms with E-state index in [0.29, 0.717) is 0 Å². The predicted octanol–water partition coefficient (Wildman–Crippen LogP) is 3.14. The zero-order chi connectivity index (χ0) is 12.8. The minimum atomic E-state index is -0.100. The molecule has 1 aliphatic rings. The van der Waals surface area contributed by atoms with E-state index in [9.17, 15) is 4.39 Å². The van der Waals surface area contributed by atoms with E-state index in [-0.39, 0.29) is 5.82 Å². The van der Waals surface area contributed by atoms with Crippen LogP contribution in [0.5, 0.6) is 0 Å². The summed E-state index contributed by atoms with van der Waals surface area (Å²) < 4.78 is 13.7. The third kappa shape index (κ3) is 3.45. The molecule has 1 aliphatic heterocycles. The maximum absolute atomic E-state index is 13.7. The van der Waals surface area contributed by atoms with Crippen LogP contribution >= 0.6 is 0 Å². The van der Waals surface area contributed by atoms with Crippen molar-refractivity contribution in [3.8, 4) is 0 Å². The van der Waals surface area contributed by atoms with Crippen molar-refractivity contribution in [2.45, 2.75) is 26.2 Å². The first-order valence-corrected chi connectivity index (χ1v) is 7.03. The van der Waals surface area contributed by atoms with E-state index in [1.54, 1.807) is 12.1 Å². The lowest BCUT2D eigenvalue weighted by atomic mass is 10.2. The Morgan fingerprint density at radius 1 is 1.06 bits per heavy atom. The molecule has 0 spiro atoms. The minimum Gasteiger partial charge on any atom is -0.367 e. The van der Waals surface area contributed by atoms with Gasteiger partial charge in [-0.1, -0.05) is 31.9 Å². The van der Waals surface area contributed by atoms with Gasteiger partial charge in [0.25, 0.3) is 0 Å². The second-order valence-electron chi connectivity index (χ2n) is 4.99. The molecule has 1 aromatic carbocycles. The van der Waals surface area contributed by atoms with Gasteiger partial charge in [-0.15, -0.1) is 0 Å². The summed E-state index contributed by atoms with van der Waals surface area (Å²) in [6.07, 6.45) is 3.87. The first-order valence-electron chi connectivity index (χ1n) is 7.03. The Balaban J connectivity index is 1.81. The molecular formula is C15H23FN2. The molecule has 0 atom stereocenters. The van der Waals surface area contributed by atoms with Crippen molar-refractivity contribution >= 4 is 5.69 Å². The van der Waals surface area contributed by atoms with Crippen LogP contribution in [0.25, 0.3) is 0 Å². The summed E-state index contributed by atoms with van der Waals surface area (Å²) in [5.41, 5.74) is 0.755. The number of halogens is 1. The molecule has 18 heavy (non-hydrogen) atoms. The van der Waals surface area contributed by atoms with Crippen molar-refractivity contribution in [3.05, 3.63) is 30.1 Å². The van der Waals surface area contributed by atoms with Crippen LogP contribution in [0.1, 0.15) is 26.2 Å². The van der Waals surface area contributed by atoms with E-state index in [4.69, 9.17) is 0 Å². The van der Waals surface area contributed by atoms with Gasteiger partial charge in [-0.2, -0.15) is 0 Å². The molecule has 0 N–H and O–H groups in total. The maximum atomic E-state index is 13.7. The topological polar surface area (TPSA) is 6.48 Å². The molecule has 0 unspecified atom stereocenters. The van der Waals surface area contributed by atoms with Crippen molar-refractivity contribution < 1.29 is 4.39 Å². The van der Waals surface area contributed by atoms with Crippen LogP contribution in [0.3, 0.4) is 0 Å². The fourth-order valence-corrected chi connectivity index (χ4v) is 2.51. The van der Waals surface area contributed by atoms with Crippen molar-refractivity contribution in [1.29, 1.82) is 0 Å². The van der Waals surface area contributed by atoms with Crippen LogP contribution in [-0.2, 0) is 0 Å². The van der Waals surface area contributed by atoms with E-state index in [0.717, 1.165) is 31.9 Å². The molecule has 1 fully saturated rings.